The Labute approximate surface area is 50.1 Å². The second kappa shape index (κ2) is 9.13. The summed E-state index contributed by atoms with van der Waals surface area (Å²) in [7, 11) is 0. The molecule has 0 spiro atoms. The summed E-state index contributed by atoms with van der Waals surface area (Å²) in [6, 6.07) is 0. The van der Waals surface area contributed by atoms with E-state index < -0.39 is 0 Å². The molecule has 0 aromatic carbocycles. The van der Waals surface area contributed by atoms with Crippen LogP contribution in [0.3, 0.4) is 0 Å². The molecule has 0 rings (SSSR count). The van der Waals surface area contributed by atoms with E-state index in [0.717, 1.165) is 0 Å². The number of hydrogen-bond acceptors (Lipinski definition) is 1. The maximum absolute atomic E-state index is 4.63. The fourth-order valence-corrected chi connectivity index (χ4v) is 0.136. The summed E-state index contributed by atoms with van der Waals surface area (Å²) in [5, 5.41) is 0. The van der Waals surface area contributed by atoms with Crippen LogP contribution in [0.15, 0.2) is 25.5 Å². The van der Waals surface area contributed by atoms with Gasteiger partial charge >= 0.3 is 0 Å². The molecule has 0 aliphatic heterocycles. The van der Waals surface area contributed by atoms with E-state index in [-0.39, 0.29) is 12.4 Å². The quantitative estimate of drug-likeness (QED) is 0.313. The minimum atomic E-state index is 0. The van der Waals surface area contributed by atoms with E-state index in [9.17, 15) is 0 Å². The van der Waals surface area contributed by atoms with Crippen LogP contribution in [0.25, 0.3) is 0 Å². The van der Waals surface area contributed by atoms with Crippen LogP contribution < -0.4 is 0 Å². The van der Waals surface area contributed by atoms with Gasteiger partial charge in [-0.15, -0.1) is 12.4 Å². The van der Waals surface area contributed by atoms with Gasteiger partial charge in [-0.25, -0.2) is 0 Å². The SMILES string of the molecule is C=CCOC=C.Cl. The van der Waals surface area contributed by atoms with E-state index in [1.54, 1.807) is 6.08 Å². The molecule has 0 radical (unpaired) electrons. The Hall–Kier alpha value is -0.430. The molecule has 0 fully saturated rings. The fourth-order valence-electron chi connectivity index (χ4n) is 0.136. The largest absolute Gasteiger partial charge is 0.498 e. The van der Waals surface area contributed by atoms with Crippen molar-refractivity contribution in [3.63, 3.8) is 0 Å². The third-order valence-electron chi connectivity index (χ3n) is 0.332. The zero-order valence-corrected chi connectivity index (χ0v) is 4.91. The van der Waals surface area contributed by atoms with E-state index >= 15 is 0 Å². The molecule has 42 valence electrons. The predicted molar refractivity (Wildman–Crippen MR) is 33.6 cm³/mol. The van der Waals surface area contributed by atoms with Gasteiger partial charge in [0.15, 0.2) is 0 Å². The van der Waals surface area contributed by atoms with Gasteiger partial charge in [-0.3, -0.25) is 0 Å². The molecule has 0 aromatic heterocycles. The normalized spacial score (nSPS) is 5.71. The lowest BCUT2D eigenvalue weighted by atomic mass is 10.7. The molecule has 7 heavy (non-hydrogen) atoms. The van der Waals surface area contributed by atoms with Crippen molar-refractivity contribution in [2.45, 2.75) is 0 Å². The molecule has 2 heteroatoms. The van der Waals surface area contributed by atoms with Crippen LogP contribution in [0.2, 0.25) is 0 Å². The Kier molecular flexibility index (Phi) is 12.7. The Morgan fingerprint density at radius 3 is 2.14 bits per heavy atom. The van der Waals surface area contributed by atoms with Crippen LogP contribution in [0.5, 0.6) is 0 Å². The fraction of sp³-hybridized carbons (Fsp3) is 0.200. The van der Waals surface area contributed by atoms with Crippen molar-refractivity contribution < 1.29 is 4.74 Å². The molecular weight excluding hydrogens is 112 g/mol. The van der Waals surface area contributed by atoms with Crippen molar-refractivity contribution in [2.75, 3.05) is 6.61 Å². The summed E-state index contributed by atoms with van der Waals surface area (Å²) in [6.45, 7) is 7.31. The van der Waals surface area contributed by atoms with Crippen molar-refractivity contribution >= 4 is 12.4 Å². The van der Waals surface area contributed by atoms with Gasteiger partial charge in [0, 0.05) is 0 Å². The van der Waals surface area contributed by atoms with Gasteiger partial charge < -0.3 is 4.74 Å². The minimum absolute atomic E-state index is 0. The van der Waals surface area contributed by atoms with Gasteiger partial charge in [-0.2, -0.15) is 0 Å². The molecule has 0 heterocycles. The van der Waals surface area contributed by atoms with Crippen molar-refractivity contribution in [1.82, 2.24) is 0 Å². The maximum atomic E-state index is 4.63. The van der Waals surface area contributed by atoms with Crippen LogP contribution in [-0.4, -0.2) is 6.61 Å². The van der Waals surface area contributed by atoms with Gasteiger partial charge in [0.05, 0.1) is 6.26 Å². The third-order valence-corrected chi connectivity index (χ3v) is 0.332. The first-order chi connectivity index (χ1) is 2.91. The first-order valence-corrected chi connectivity index (χ1v) is 1.75. The molecular formula is C5H9ClO. The standard InChI is InChI=1S/C5H8O.ClH/c1-3-5-6-4-2;/h3-4H,1-2,5H2;1H. The highest BCUT2D eigenvalue weighted by Crippen LogP contribution is 1.69. The molecule has 0 aliphatic rings. The molecule has 0 unspecified atom stereocenters. The van der Waals surface area contributed by atoms with Gasteiger partial charge in [0.25, 0.3) is 0 Å². The van der Waals surface area contributed by atoms with E-state index in [1.807, 2.05) is 0 Å². The number of ether oxygens (including phenoxy) is 1. The van der Waals surface area contributed by atoms with Gasteiger partial charge in [0.1, 0.15) is 6.61 Å². The van der Waals surface area contributed by atoms with Crippen LogP contribution >= 0.6 is 12.4 Å². The monoisotopic (exact) mass is 120 g/mol. The molecule has 1 nitrogen and oxygen atoms in total. The average molecular weight is 121 g/mol. The molecule has 0 saturated heterocycles. The minimum Gasteiger partial charge on any atom is -0.498 e. The number of halogens is 1. The highest BCUT2D eigenvalue weighted by Gasteiger charge is 1.61. The van der Waals surface area contributed by atoms with Crippen molar-refractivity contribution in [3.05, 3.63) is 25.5 Å². The summed E-state index contributed by atoms with van der Waals surface area (Å²) in [6.07, 6.45) is 3.06. The second-order valence-electron chi connectivity index (χ2n) is 0.789. The van der Waals surface area contributed by atoms with E-state index in [4.69, 9.17) is 0 Å². The molecule has 0 N–H and O–H groups in total. The lowest BCUT2D eigenvalue weighted by Gasteiger charge is -1.86. The third kappa shape index (κ3) is 10.7. The second-order valence-corrected chi connectivity index (χ2v) is 0.789. The maximum Gasteiger partial charge on any atom is 0.105 e. The summed E-state index contributed by atoms with van der Waals surface area (Å²) < 4.78 is 4.63. The van der Waals surface area contributed by atoms with Gasteiger partial charge in [0.2, 0.25) is 0 Å². The molecule has 0 aromatic rings. The predicted octanol–water partition coefficient (Wildman–Crippen LogP) is 1.75. The van der Waals surface area contributed by atoms with E-state index in [1.165, 1.54) is 6.26 Å². The lowest BCUT2D eigenvalue weighted by Crippen LogP contribution is -1.75. The molecule has 0 bridgehead atoms. The molecule has 0 saturated carbocycles. The Morgan fingerprint density at radius 1 is 1.43 bits per heavy atom. The van der Waals surface area contributed by atoms with Crippen LogP contribution in [0.1, 0.15) is 0 Å². The van der Waals surface area contributed by atoms with Crippen LogP contribution in [0.4, 0.5) is 0 Å². The molecule has 0 atom stereocenters. The first kappa shape index (κ1) is 9.76. The number of rotatable bonds is 3. The summed E-state index contributed by atoms with van der Waals surface area (Å²) >= 11 is 0. The zero-order valence-electron chi connectivity index (χ0n) is 4.09. The van der Waals surface area contributed by atoms with Gasteiger partial charge in [-0.1, -0.05) is 19.2 Å². The van der Waals surface area contributed by atoms with Crippen molar-refractivity contribution in [3.8, 4) is 0 Å². The topological polar surface area (TPSA) is 9.23 Å². The highest BCUT2D eigenvalue weighted by molar-refractivity contribution is 5.85. The summed E-state index contributed by atoms with van der Waals surface area (Å²) in [4.78, 5) is 0. The molecule has 0 aliphatic carbocycles. The lowest BCUT2D eigenvalue weighted by molar-refractivity contribution is 0.291. The van der Waals surface area contributed by atoms with Crippen LogP contribution in [0, 0.1) is 0 Å². The highest BCUT2D eigenvalue weighted by atomic mass is 35.5. The Morgan fingerprint density at radius 2 is 2.00 bits per heavy atom. The Balaban J connectivity index is 0. The van der Waals surface area contributed by atoms with Crippen LogP contribution in [-0.2, 0) is 4.74 Å². The number of hydrogen-bond donors (Lipinski definition) is 0. The van der Waals surface area contributed by atoms with E-state index in [2.05, 4.69) is 17.9 Å². The average Bonchev–Trinajstić information content (AvgIpc) is 1.61. The Bertz CT molecular complexity index is 44.0. The van der Waals surface area contributed by atoms with Gasteiger partial charge in [-0.05, 0) is 0 Å². The first-order valence-electron chi connectivity index (χ1n) is 1.75. The molecule has 0 amide bonds. The zero-order chi connectivity index (χ0) is 4.83. The van der Waals surface area contributed by atoms with Crippen molar-refractivity contribution in [1.29, 1.82) is 0 Å². The summed E-state index contributed by atoms with van der Waals surface area (Å²) in [5.41, 5.74) is 0. The smallest absolute Gasteiger partial charge is 0.105 e. The van der Waals surface area contributed by atoms with E-state index in [0.29, 0.717) is 6.61 Å². The van der Waals surface area contributed by atoms with Crippen molar-refractivity contribution in [2.24, 2.45) is 0 Å². The summed E-state index contributed by atoms with van der Waals surface area (Å²) in [5.74, 6) is 0.